The molecule has 0 aliphatic carbocycles. The second-order valence-electron chi connectivity index (χ2n) is 4.53. The van der Waals surface area contributed by atoms with Crippen LogP contribution in [0.2, 0.25) is 0 Å². The molecule has 22 heavy (non-hydrogen) atoms. The van der Waals surface area contributed by atoms with Gasteiger partial charge in [-0.1, -0.05) is 34.1 Å². The highest BCUT2D eigenvalue weighted by atomic mass is 79.9. The molecule has 3 nitrogen and oxygen atoms in total. The quantitative estimate of drug-likeness (QED) is 0.726. The van der Waals surface area contributed by atoms with Crippen molar-refractivity contribution in [1.29, 1.82) is 0 Å². The first kappa shape index (κ1) is 14.6. The molecule has 1 N–H and O–H groups in total. The van der Waals surface area contributed by atoms with Crippen LogP contribution in [0.5, 0.6) is 5.75 Å². The monoisotopic (exact) mass is 362 g/mol. The molecule has 0 saturated heterocycles. The van der Waals surface area contributed by atoms with Gasteiger partial charge in [0.1, 0.15) is 17.3 Å². The maximum absolute atomic E-state index is 13.8. The minimum Gasteiger partial charge on any atom is -0.504 e. The van der Waals surface area contributed by atoms with Gasteiger partial charge in [-0.2, -0.15) is 0 Å². The van der Waals surface area contributed by atoms with Crippen LogP contribution in [0.25, 0.3) is 22.6 Å². The van der Waals surface area contributed by atoms with Crippen molar-refractivity contribution < 1.29 is 13.9 Å². The summed E-state index contributed by atoms with van der Waals surface area (Å²) in [6.45, 7) is 0. The zero-order chi connectivity index (χ0) is 15.7. The van der Waals surface area contributed by atoms with Crippen molar-refractivity contribution in [1.82, 2.24) is 9.97 Å². The Kier molecular flexibility index (Phi) is 3.85. The van der Waals surface area contributed by atoms with Crippen LogP contribution in [0.4, 0.5) is 8.78 Å². The summed E-state index contributed by atoms with van der Waals surface area (Å²) in [6.07, 6.45) is 1.13. The summed E-state index contributed by atoms with van der Waals surface area (Å²) >= 11 is 3.31. The summed E-state index contributed by atoms with van der Waals surface area (Å²) < 4.78 is 28.5. The third-order valence-corrected chi connectivity index (χ3v) is 3.60. The first-order valence-electron chi connectivity index (χ1n) is 6.32. The number of aromatic nitrogens is 2. The lowest BCUT2D eigenvalue weighted by molar-refractivity contribution is 0.472. The molecule has 3 rings (SSSR count). The smallest absolute Gasteiger partial charge is 0.166 e. The van der Waals surface area contributed by atoms with Gasteiger partial charge in [0.15, 0.2) is 11.6 Å². The van der Waals surface area contributed by atoms with E-state index >= 15 is 0 Å². The number of aromatic hydroxyl groups is 1. The molecule has 1 aromatic heterocycles. The lowest BCUT2D eigenvalue weighted by atomic mass is 10.1. The second-order valence-corrected chi connectivity index (χ2v) is 5.45. The number of rotatable bonds is 2. The van der Waals surface area contributed by atoms with E-state index in [0.717, 1.165) is 22.8 Å². The normalized spacial score (nSPS) is 10.7. The van der Waals surface area contributed by atoms with Gasteiger partial charge in [0.05, 0.1) is 11.8 Å². The summed E-state index contributed by atoms with van der Waals surface area (Å²) in [6, 6.07) is 10.5. The fourth-order valence-electron chi connectivity index (χ4n) is 2.03. The van der Waals surface area contributed by atoms with Crippen molar-refractivity contribution in [2.45, 2.75) is 0 Å². The molecule has 0 atom stereocenters. The summed E-state index contributed by atoms with van der Waals surface area (Å²) in [5.74, 6) is -1.80. The second kappa shape index (κ2) is 5.81. The highest BCUT2D eigenvalue weighted by molar-refractivity contribution is 9.10. The van der Waals surface area contributed by atoms with Crippen molar-refractivity contribution in [2.75, 3.05) is 0 Å². The molecule has 0 fully saturated rings. The molecule has 0 saturated carbocycles. The van der Waals surface area contributed by atoms with Gasteiger partial charge in [-0.25, -0.2) is 18.7 Å². The molecule has 0 unspecified atom stereocenters. The zero-order valence-electron chi connectivity index (χ0n) is 11.1. The zero-order valence-corrected chi connectivity index (χ0v) is 12.7. The van der Waals surface area contributed by atoms with Gasteiger partial charge >= 0.3 is 0 Å². The predicted octanol–water partition coefficient (Wildman–Crippen LogP) is 4.56. The van der Waals surface area contributed by atoms with Crippen molar-refractivity contribution in [3.8, 4) is 28.4 Å². The number of hydrogen-bond donors (Lipinski definition) is 1. The Morgan fingerprint density at radius 1 is 0.955 bits per heavy atom. The molecule has 0 aliphatic heterocycles. The van der Waals surface area contributed by atoms with Gasteiger partial charge < -0.3 is 5.11 Å². The van der Waals surface area contributed by atoms with E-state index in [4.69, 9.17) is 0 Å². The fourth-order valence-corrected chi connectivity index (χ4v) is 2.29. The van der Waals surface area contributed by atoms with Gasteiger partial charge in [-0.05, 0) is 24.3 Å². The molecular formula is C16H9BrF2N2O. The van der Waals surface area contributed by atoms with Crippen molar-refractivity contribution in [3.63, 3.8) is 0 Å². The molecule has 0 amide bonds. The Bertz CT molecular complexity index is 818. The number of nitrogens with zero attached hydrogens (tertiary/aromatic N) is 2. The summed E-state index contributed by atoms with van der Waals surface area (Å²) in [7, 11) is 0. The van der Waals surface area contributed by atoms with E-state index in [2.05, 4.69) is 25.9 Å². The number of halogens is 3. The first-order chi connectivity index (χ1) is 10.6. The molecule has 0 aliphatic rings. The third kappa shape index (κ3) is 2.69. The molecule has 2 aromatic carbocycles. The average molecular weight is 363 g/mol. The fraction of sp³-hybridized carbons (Fsp3) is 0. The number of benzene rings is 2. The molecule has 0 bridgehead atoms. The Labute approximate surface area is 133 Å². The van der Waals surface area contributed by atoms with Crippen LogP contribution in [0.1, 0.15) is 0 Å². The molecule has 110 valence electrons. The van der Waals surface area contributed by atoms with Crippen LogP contribution in [-0.4, -0.2) is 15.1 Å². The van der Waals surface area contributed by atoms with Crippen molar-refractivity contribution in [3.05, 3.63) is 64.8 Å². The van der Waals surface area contributed by atoms with E-state index < -0.39 is 11.6 Å². The number of hydrogen-bond acceptors (Lipinski definition) is 3. The SMILES string of the molecule is Oc1cnc(-c2c(F)cccc2F)nc1-c1ccc(Br)cc1. The van der Waals surface area contributed by atoms with Crippen LogP contribution < -0.4 is 0 Å². The van der Waals surface area contributed by atoms with Crippen LogP contribution in [0.15, 0.2) is 53.1 Å². The van der Waals surface area contributed by atoms with Gasteiger partial charge in [-0.3, -0.25) is 0 Å². The lowest BCUT2D eigenvalue weighted by Gasteiger charge is -2.08. The molecule has 0 spiro atoms. The van der Waals surface area contributed by atoms with E-state index in [1.54, 1.807) is 24.3 Å². The minimum absolute atomic E-state index is 0.119. The van der Waals surface area contributed by atoms with Gasteiger partial charge in [0.2, 0.25) is 0 Å². The van der Waals surface area contributed by atoms with E-state index in [1.165, 1.54) is 6.07 Å². The maximum atomic E-state index is 13.8. The summed E-state index contributed by atoms with van der Waals surface area (Å²) in [5, 5.41) is 9.92. The van der Waals surface area contributed by atoms with Crippen LogP contribution in [-0.2, 0) is 0 Å². The predicted molar refractivity (Wildman–Crippen MR) is 82.2 cm³/mol. The third-order valence-electron chi connectivity index (χ3n) is 3.07. The summed E-state index contributed by atoms with van der Waals surface area (Å²) in [5.41, 5.74) is 0.502. The van der Waals surface area contributed by atoms with Crippen LogP contribution >= 0.6 is 15.9 Å². The minimum atomic E-state index is -0.757. The van der Waals surface area contributed by atoms with Gasteiger partial charge in [0.25, 0.3) is 0 Å². The Balaban J connectivity index is 2.17. The maximum Gasteiger partial charge on any atom is 0.166 e. The molecule has 0 radical (unpaired) electrons. The van der Waals surface area contributed by atoms with Gasteiger partial charge in [0, 0.05) is 10.0 Å². The van der Waals surface area contributed by atoms with E-state index in [-0.39, 0.29) is 22.8 Å². The topological polar surface area (TPSA) is 46.0 Å². The van der Waals surface area contributed by atoms with Crippen molar-refractivity contribution in [2.24, 2.45) is 0 Å². The van der Waals surface area contributed by atoms with E-state index in [9.17, 15) is 13.9 Å². The largest absolute Gasteiger partial charge is 0.504 e. The highest BCUT2D eigenvalue weighted by Gasteiger charge is 2.16. The van der Waals surface area contributed by atoms with E-state index in [0.29, 0.717) is 5.56 Å². The molecule has 6 heteroatoms. The molecular weight excluding hydrogens is 354 g/mol. The van der Waals surface area contributed by atoms with Gasteiger partial charge in [-0.15, -0.1) is 0 Å². The average Bonchev–Trinajstić information content (AvgIpc) is 2.50. The highest BCUT2D eigenvalue weighted by Crippen LogP contribution is 2.31. The van der Waals surface area contributed by atoms with Crippen molar-refractivity contribution >= 4 is 15.9 Å². The Morgan fingerprint density at radius 2 is 1.59 bits per heavy atom. The molecule has 3 aromatic rings. The lowest BCUT2D eigenvalue weighted by Crippen LogP contribution is -1.97. The Morgan fingerprint density at radius 3 is 2.23 bits per heavy atom. The summed E-state index contributed by atoms with van der Waals surface area (Å²) in [4.78, 5) is 7.93. The first-order valence-corrected chi connectivity index (χ1v) is 7.12. The molecule has 1 heterocycles. The standard InChI is InChI=1S/C16H9BrF2N2O/c17-10-6-4-9(5-7-10)15-13(22)8-20-16(21-15)14-11(18)2-1-3-12(14)19/h1-8,22H. The van der Waals surface area contributed by atoms with E-state index in [1.807, 2.05) is 0 Å². The Hall–Kier alpha value is -2.34. The van der Waals surface area contributed by atoms with Crippen LogP contribution in [0.3, 0.4) is 0 Å². The van der Waals surface area contributed by atoms with Crippen LogP contribution in [0, 0.1) is 11.6 Å².